The Morgan fingerprint density at radius 3 is 2.44 bits per heavy atom. The van der Waals surface area contributed by atoms with Crippen LogP contribution in [0.2, 0.25) is 5.02 Å². The molecular weight excluding hydrogens is 458 g/mol. The van der Waals surface area contributed by atoms with Crippen molar-refractivity contribution >= 4 is 28.4 Å². The summed E-state index contributed by atoms with van der Waals surface area (Å²) in [5, 5.41) is 9.70. The molecule has 1 fully saturated rings. The highest BCUT2D eigenvalue weighted by atomic mass is 35.5. The van der Waals surface area contributed by atoms with Crippen molar-refractivity contribution in [3.63, 3.8) is 0 Å². The van der Waals surface area contributed by atoms with Gasteiger partial charge in [-0.1, -0.05) is 16.8 Å². The Kier molecular flexibility index (Phi) is 5.91. The Bertz CT molecular complexity index is 1400. The van der Waals surface area contributed by atoms with Gasteiger partial charge in [0.2, 0.25) is 0 Å². The number of carbonyl (C=O) groups excluding carboxylic acids is 1. The molecule has 2 aromatic carbocycles. The number of carbonyl (C=O) groups is 1. The van der Waals surface area contributed by atoms with Crippen molar-refractivity contribution in [1.29, 1.82) is 0 Å². The van der Waals surface area contributed by atoms with E-state index in [-0.39, 0.29) is 23.7 Å². The zero-order chi connectivity index (χ0) is 23.8. The van der Waals surface area contributed by atoms with Crippen LogP contribution in [0.4, 0.5) is 0 Å². The first-order valence-electron chi connectivity index (χ1n) is 10.7. The van der Waals surface area contributed by atoms with Crippen LogP contribution in [-0.2, 0) is 9.47 Å². The van der Waals surface area contributed by atoms with Gasteiger partial charge in [0.15, 0.2) is 0 Å². The Morgan fingerprint density at radius 1 is 1.06 bits per heavy atom. The van der Waals surface area contributed by atoms with Crippen LogP contribution in [0, 0.1) is 0 Å². The number of rotatable bonds is 5. The van der Waals surface area contributed by atoms with E-state index in [1.165, 1.54) is 0 Å². The van der Waals surface area contributed by atoms with Crippen LogP contribution in [0.5, 0.6) is 0 Å². The number of hydrogen-bond acceptors (Lipinski definition) is 6. The summed E-state index contributed by atoms with van der Waals surface area (Å²) in [6, 6.07) is 14.1. The lowest BCUT2D eigenvalue weighted by Gasteiger charge is -2.16. The van der Waals surface area contributed by atoms with Gasteiger partial charge in [0, 0.05) is 48.8 Å². The molecule has 0 aliphatic carbocycles. The van der Waals surface area contributed by atoms with E-state index in [9.17, 15) is 9.59 Å². The molecule has 0 saturated carbocycles. The molecule has 174 valence electrons. The summed E-state index contributed by atoms with van der Waals surface area (Å²) in [4.78, 5) is 30.1. The van der Waals surface area contributed by atoms with Gasteiger partial charge in [-0.05, 0) is 48.5 Å². The standard InChI is InChI=1S/C24H22ClN5O4/c1-33-21-12-29(13-22(21)34-2)24(32)14-3-6-17(7-4-14)30-11-20(27-28-30)18-10-15-9-16(25)5-8-19(15)26-23(18)31/h3-11,21-22H,12-13H2,1-2H3,(H,26,31)/t21-,22-/m0/s1. The van der Waals surface area contributed by atoms with Crippen molar-refractivity contribution in [2.45, 2.75) is 12.2 Å². The van der Waals surface area contributed by atoms with E-state index in [0.717, 1.165) is 5.39 Å². The van der Waals surface area contributed by atoms with E-state index in [1.807, 2.05) is 0 Å². The molecule has 0 radical (unpaired) electrons. The molecule has 0 bridgehead atoms. The predicted octanol–water partition coefficient (Wildman–Crippen LogP) is 2.92. The SMILES string of the molecule is CO[C@H]1CN(C(=O)c2ccc(-n3cc(-c4cc5cc(Cl)ccc5[nH]c4=O)nn3)cc2)C[C@@H]1OC. The number of ether oxygens (including phenoxy) is 2. The minimum absolute atomic E-state index is 0.0891. The fraction of sp³-hybridized carbons (Fsp3) is 0.250. The number of hydrogen-bond donors (Lipinski definition) is 1. The molecule has 3 heterocycles. The van der Waals surface area contributed by atoms with Gasteiger partial charge in [0.1, 0.15) is 17.9 Å². The fourth-order valence-corrected chi connectivity index (χ4v) is 4.36. The van der Waals surface area contributed by atoms with Crippen LogP contribution >= 0.6 is 11.6 Å². The Balaban J connectivity index is 1.37. The summed E-state index contributed by atoms with van der Waals surface area (Å²) >= 11 is 6.08. The smallest absolute Gasteiger partial charge is 0.258 e. The quantitative estimate of drug-likeness (QED) is 0.472. The van der Waals surface area contributed by atoms with Crippen LogP contribution in [0.15, 0.2) is 59.5 Å². The largest absolute Gasteiger partial charge is 0.377 e. The summed E-state index contributed by atoms with van der Waals surface area (Å²) in [6.07, 6.45) is 1.39. The molecule has 0 spiro atoms. The highest BCUT2D eigenvalue weighted by Crippen LogP contribution is 2.22. The second-order valence-corrected chi connectivity index (χ2v) is 8.53. The number of aromatic nitrogens is 4. The van der Waals surface area contributed by atoms with Gasteiger partial charge in [0.05, 0.1) is 17.4 Å². The number of nitrogens with zero attached hydrogens (tertiary/aromatic N) is 4. The number of methoxy groups -OCH3 is 2. The topological polar surface area (TPSA) is 102 Å². The summed E-state index contributed by atoms with van der Waals surface area (Å²) in [6.45, 7) is 0.959. The van der Waals surface area contributed by atoms with Gasteiger partial charge in [-0.3, -0.25) is 9.59 Å². The first kappa shape index (κ1) is 22.3. The monoisotopic (exact) mass is 479 g/mol. The van der Waals surface area contributed by atoms with Crippen LogP contribution < -0.4 is 5.56 Å². The molecule has 34 heavy (non-hydrogen) atoms. The number of H-pyrrole nitrogens is 1. The highest BCUT2D eigenvalue weighted by Gasteiger charge is 2.35. The minimum atomic E-state index is -0.267. The molecule has 10 heteroatoms. The van der Waals surface area contributed by atoms with Crippen molar-refractivity contribution in [2.24, 2.45) is 0 Å². The zero-order valence-corrected chi connectivity index (χ0v) is 19.3. The van der Waals surface area contributed by atoms with E-state index in [0.29, 0.717) is 46.1 Å². The lowest BCUT2D eigenvalue weighted by atomic mass is 10.1. The third-order valence-electron chi connectivity index (χ3n) is 6.06. The summed E-state index contributed by atoms with van der Waals surface area (Å²) in [7, 11) is 3.24. The molecule has 1 amide bonds. The first-order chi connectivity index (χ1) is 16.5. The predicted molar refractivity (Wildman–Crippen MR) is 127 cm³/mol. The minimum Gasteiger partial charge on any atom is -0.377 e. The summed E-state index contributed by atoms with van der Waals surface area (Å²) in [5.41, 5.74) is 2.51. The average Bonchev–Trinajstić information content (AvgIpc) is 3.51. The molecule has 5 rings (SSSR count). The number of amides is 1. The molecule has 1 saturated heterocycles. The van der Waals surface area contributed by atoms with Gasteiger partial charge < -0.3 is 19.4 Å². The van der Waals surface area contributed by atoms with Crippen molar-refractivity contribution in [3.8, 4) is 16.9 Å². The van der Waals surface area contributed by atoms with Gasteiger partial charge in [-0.25, -0.2) is 4.68 Å². The van der Waals surface area contributed by atoms with E-state index in [2.05, 4.69) is 15.3 Å². The maximum Gasteiger partial charge on any atom is 0.258 e. The molecule has 2 atom stereocenters. The average molecular weight is 480 g/mol. The molecule has 4 aromatic rings. The lowest BCUT2D eigenvalue weighted by Crippen LogP contribution is -2.30. The van der Waals surface area contributed by atoms with Gasteiger partial charge in [0.25, 0.3) is 11.5 Å². The Labute approximate surface area is 199 Å². The third kappa shape index (κ3) is 4.09. The lowest BCUT2D eigenvalue weighted by molar-refractivity contribution is -0.00461. The van der Waals surface area contributed by atoms with E-state index in [4.69, 9.17) is 21.1 Å². The number of pyridine rings is 1. The van der Waals surface area contributed by atoms with E-state index < -0.39 is 0 Å². The molecule has 0 unspecified atom stereocenters. The normalized spacial score (nSPS) is 18.0. The van der Waals surface area contributed by atoms with E-state index >= 15 is 0 Å². The number of aromatic amines is 1. The van der Waals surface area contributed by atoms with Crippen molar-refractivity contribution in [1.82, 2.24) is 24.9 Å². The molecule has 1 aliphatic rings. The molecule has 1 N–H and O–H groups in total. The second kappa shape index (κ2) is 9.02. The third-order valence-corrected chi connectivity index (χ3v) is 6.30. The number of benzene rings is 2. The number of likely N-dealkylation sites (tertiary alicyclic amines) is 1. The molecular formula is C24H22ClN5O4. The van der Waals surface area contributed by atoms with Crippen molar-refractivity contribution in [3.05, 3.63) is 75.7 Å². The maximum absolute atomic E-state index is 12.9. The summed E-state index contributed by atoms with van der Waals surface area (Å²) < 4.78 is 12.4. The van der Waals surface area contributed by atoms with E-state index in [1.54, 1.807) is 78.5 Å². The first-order valence-corrected chi connectivity index (χ1v) is 11.0. The van der Waals surface area contributed by atoms with Gasteiger partial charge in [-0.2, -0.15) is 0 Å². The maximum atomic E-state index is 12.9. The Hall–Kier alpha value is -3.53. The number of halogens is 1. The fourth-order valence-electron chi connectivity index (χ4n) is 4.18. The zero-order valence-electron chi connectivity index (χ0n) is 18.6. The van der Waals surface area contributed by atoms with Gasteiger partial charge >= 0.3 is 0 Å². The molecule has 2 aromatic heterocycles. The van der Waals surface area contributed by atoms with Gasteiger partial charge in [-0.15, -0.1) is 5.10 Å². The van der Waals surface area contributed by atoms with Crippen LogP contribution in [-0.4, -0.2) is 70.3 Å². The van der Waals surface area contributed by atoms with Crippen LogP contribution in [0.25, 0.3) is 27.8 Å². The second-order valence-electron chi connectivity index (χ2n) is 8.10. The van der Waals surface area contributed by atoms with Crippen LogP contribution in [0.3, 0.4) is 0 Å². The molecule has 9 nitrogen and oxygen atoms in total. The molecule has 1 aliphatic heterocycles. The highest BCUT2D eigenvalue weighted by molar-refractivity contribution is 6.31. The van der Waals surface area contributed by atoms with Crippen molar-refractivity contribution < 1.29 is 14.3 Å². The number of nitrogens with one attached hydrogen (secondary N) is 1. The Morgan fingerprint density at radius 2 is 1.76 bits per heavy atom. The van der Waals surface area contributed by atoms with Crippen LogP contribution in [0.1, 0.15) is 10.4 Å². The summed E-state index contributed by atoms with van der Waals surface area (Å²) in [5.74, 6) is -0.0891. The number of fused-ring (bicyclic) bond motifs is 1. The van der Waals surface area contributed by atoms with Crippen molar-refractivity contribution in [2.75, 3.05) is 27.3 Å².